The van der Waals surface area contributed by atoms with Crippen LogP contribution in [0.4, 0.5) is 0 Å². The fourth-order valence-corrected chi connectivity index (χ4v) is 3.30. The zero-order valence-electron chi connectivity index (χ0n) is 13.1. The van der Waals surface area contributed by atoms with Crippen LogP contribution in [0.2, 0.25) is 0 Å². The highest BCUT2D eigenvalue weighted by Gasteiger charge is 2.24. The summed E-state index contributed by atoms with van der Waals surface area (Å²) in [6, 6.07) is 8.55. The largest absolute Gasteiger partial charge is 0.507 e. The molecule has 0 spiro atoms. The van der Waals surface area contributed by atoms with Crippen molar-refractivity contribution in [3.8, 4) is 0 Å². The standard InChI is InChI=1S/C19H25NO/c1-3-5-18-17(6-4-13-20(18)2)14-7-9-15(10-8-14)19(21)16-11-12-16/h5,7-10,17,21H,3-4,6,11-13H2,1-2H3/b18-5+. The van der Waals surface area contributed by atoms with Crippen molar-refractivity contribution in [2.24, 2.45) is 0 Å². The molecule has 1 aliphatic heterocycles. The molecule has 1 aromatic carbocycles. The highest BCUT2D eigenvalue weighted by molar-refractivity contribution is 5.65. The average Bonchev–Trinajstić information content (AvgIpc) is 3.34. The summed E-state index contributed by atoms with van der Waals surface area (Å²) in [6.07, 6.45) is 8.04. The van der Waals surface area contributed by atoms with Crippen LogP contribution in [0.15, 0.2) is 41.6 Å². The Labute approximate surface area is 127 Å². The van der Waals surface area contributed by atoms with Gasteiger partial charge in [0, 0.05) is 30.8 Å². The molecule has 1 N–H and O–H groups in total. The Morgan fingerprint density at radius 1 is 1.29 bits per heavy atom. The molecular weight excluding hydrogens is 258 g/mol. The lowest BCUT2D eigenvalue weighted by Gasteiger charge is -2.35. The molecule has 1 aromatic rings. The van der Waals surface area contributed by atoms with Crippen molar-refractivity contribution in [2.75, 3.05) is 13.6 Å². The smallest absolute Gasteiger partial charge is 0.122 e. The van der Waals surface area contributed by atoms with E-state index in [4.69, 9.17) is 0 Å². The van der Waals surface area contributed by atoms with Gasteiger partial charge in [-0.05, 0) is 43.2 Å². The lowest BCUT2D eigenvalue weighted by atomic mass is 9.86. The van der Waals surface area contributed by atoms with Gasteiger partial charge in [0.25, 0.3) is 0 Å². The first kappa shape index (κ1) is 14.2. The number of benzene rings is 1. The van der Waals surface area contributed by atoms with Crippen molar-refractivity contribution in [2.45, 2.75) is 44.9 Å². The fraction of sp³-hybridized carbons (Fsp3) is 0.474. The minimum Gasteiger partial charge on any atom is -0.507 e. The molecule has 3 rings (SSSR count). The van der Waals surface area contributed by atoms with Gasteiger partial charge >= 0.3 is 0 Å². The molecule has 1 atom stereocenters. The van der Waals surface area contributed by atoms with Crippen molar-refractivity contribution in [3.63, 3.8) is 0 Å². The molecule has 1 saturated heterocycles. The zero-order chi connectivity index (χ0) is 14.8. The van der Waals surface area contributed by atoms with E-state index in [2.05, 4.69) is 49.2 Å². The number of rotatable bonds is 3. The monoisotopic (exact) mass is 283 g/mol. The molecule has 2 aliphatic rings. The summed E-state index contributed by atoms with van der Waals surface area (Å²) in [4.78, 5) is 2.40. The van der Waals surface area contributed by atoms with Gasteiger partial charge < -0.3 is 10.0 Å². The Balaban J connectivity index is 1.85. The van der Waals surface area contributed by atoms with E-state index >= 15 is 0 Å². The fourth-order valence-electron chi connectivity index (χ4n) is 3.30. The van der Waals surface area contributed by atoms with Gasteiger partial charge in [0.15, 0.2) is 0 Å². The second-order valence-corrected chi connectivity index (χ2v) is 6.23. The Morgan fingerprint density at radius 3 is 2.62 bits per heavy atom. The Hall–Kier alpha value is -1.70. The molecule has 1 heterocycles. The lowest BCUT2D eigenvalue weighted by molar-refractivity contribution is 0.319. The summed E-state index contributed by atoms with van der Waals surface area (Å²) in [7, 11) is 2.20. The molecule has 2 heteroatoms. The normalized spacial score (nSPS) is 23.5. The van der Waals surface area contributed by atoms with E-state index in [1.807, 2.05) is 0 Å². The number of piperidine rings is 1. The highest BCUT2D eigenvalue weighted by Crippen LogP contribution is 2.37. The maximum Gasteiger partial charge on any atom is 0.122 e. The predicted molar refractivity (Wildman–Crippen MR) is 88.2 cm³/mol. The minimum absolute atomic E-state index is 0.506. The minimum atomic E-state index is 0.506. The lowest BCUT2D eigenvalue weighted by Crippen LogP contribution is -2.28. The zero-order valence-corrected chi connectivity index (χ0v) is 13.1. The second-order valence-electron chi connectivity index (χ2n) is 6.23. The van der Waals surface area contributed by atoms with E-state index in [1.54, 1.807) is 0 Å². The summed E-state index contributed by atoms with van der Waals surface area (Å²) in [5.41, 5.74) is 5.00. The molecule has 1 unspecified atom stereocenters. The van der Waals surface area contributed by atoms with Crippen molar-refractivity contribution in [1.29, 1.82) is 0 Å². The maximum atomic E-state index is 10.1. The first-order valence-corrected chi connectivity index (χ1v) is 8.13. The molecule has 2 fully saturated rings. The van der Waals surface area contributed by atoms with Gasteiger partial charge in [-0.3, -0.25) is 0 Å². The maximum absolute atomic E-state index is 10.1. The van der Waals surface area contributed by atoms with Crippen LogP contribution in [0.3, 0.4) is 0 Å². The van der Waals surface area contributed by atoms with E-state index < -0.39 is 0 Å². The Kier molecular flexibility index (Phi) is 4.05. The van der Waals surface area contributed by atoms with Crippen LogP contribution in [0.25, 0.3) is 5.76 Å². The van der Waals surface area contributed by atoms with Crippen molar-refractivity contribution < 1.29 is 5.11 Å². The van der Waals surface area contributed by atoms with E-state index in [0.717, 1.165) is 31.4 Å². The molecular formula is C19H25NO. The number of likely N-dealkylation sites (N-methyl/N-ethyl adjacent to an activating group) is 1. The molecule has 0 amide bonds. The SMILES string of the molecule is CC/C=C1\C(c2ccc(C(O)=C3CC3)cc2)CCCN1C. The van der Waals surface area contributed by atoms with E-state index in [1.165, 1.54) is 29.7 Å². The van der Waals surface area contributed by atoms with Crippen LogP contribution in [0.1, 0.15) is 56.1 Å². The third kappa shape index (κ3) is 2.99. The highest BCUT2D eigenvalue weighted by atomic mass is 16.3. The number of aliphatic hydroxyl groups excluding tert-OH is 1. The van der Waals surface area contributed by atoms with Crippen molar-refractivity contribution >= 4 is 5.76 Å². The number of hydrogen-bond acceptors (Lipinski definition) is 2. The summed E-state index contributed by atoms with van der Waals surface area (Å²) in [5, 5.41) is 10.1. The Bertz CT molecular complexity index is 562. The molecule has 0 bridgehead atoms. The predicted octanol–water partition coefficient (Wildman–Crippen LogP) is 4.85. The summed E-state index contributed by atoms with van der Waals surface area (Å²) in [5.74, 6) is 1.01. The van der Waals surface area contributed by atoms with Crippen molar-refractivity contribution in [1.82, 2.24) is 4.90 Å². The average molecular weight is 283 g/mol. The number of nitrogens with zero attached hydrogens (tertiary/aromatic N) is 1. The van der Waals surface area contributed by atoms with Gasteiger partial charge in [-0.25, -0.2) is 0 Å². The molecule has 21 heavy (non-hydrogen) atoms. The number of aliphatic hydroxyl groups is 1. The number of hydrogen-bond donors (Lipinski definition) is 1. The third-order valence-electron chi connectivity index (χ3n) is 4.62. The van der Waals surface area contributed by atoms with Gasteiger partial charge in [-0.15, -0.1) is 0 Å². The molecule has 1 saturated carbocycles. The van der Waals surface area contributed by atoms with Crippen LogP contribution < -0.4 is 0 Å². The van der Waals surface area contributed by atoms with Gasteiger partial charge in [-0.1, -0.05) is 37.3 Å². The van der Waals surface area contributed by atoms with Crippen LogP contribution in [0.5, 0.6) is 0 Å². The van der Waals surface area contributed by atoms with Gasteiger partial charge in [0.1, 0.15) is 5.76 Å². The van der Waals surface area contributed by atoms with Crippen LogP contribution in [-0.4, -0.2) is 23.6 Å². The first-order chi connectivity index (χ1) is 10.2. The summed E-state index contributed by atoms with van der Waals surface area (Å²) < 4.78 is 0. The second kappa shape index (κ2) is 5.97. The molecule has 0 aromatic heterocycles. The van der Waals surface area contributed by atoms with Crippen LogP contribution >= 0.6 is 0 Å². The third-order valence-corrected chi connectivity index (χ3v) is 4.62. The van der Waals surface area contributed by atoms with E-state index in [9.17, 15) is 5.11 Å². The first-order valence-electron chi connectivity index (χ1n) is 8.13. The molecule has 2 nitrogen and oxygen atoms in total. The van der Waals surface area contributed by atoms with Crippen LogP contribution in [0, 0.1) is 0 Å². The summed E-state index contributed by atoms with van der Waals surface area (Å²) in [6.45, 7) is 3.36. The van der Waals surface area contributed by atoms with Crippen molar-refractivity contribution in [3.05, 3.63) is 52.7 Å². The van der Waals surface area contributed by atoms with Crippen LogP contribution in [-0.2, 0) is 0 Å². The Morgan fingerprint density at radius 2 is 2.00 bits per heavy atom. The van der Waals surface area contributed by atoms with Gasteiger partial charge in [0.2, 0.25) is 0 Å². The molecule has 112 valence electrons. The topological polar surface area (TPSA) is 23.5 Å². The quantitative estimate of drug-likeness (QED) is 0.801. The van der Waals surface area contributed by atoms with Gasteiger partial charge in [0.05, 0.1) is 0 Å². The molecule has 0 radical (unpaired) electrons. The van der Waals surface area contributed by atoms with E-state index in [-0.39, 0.29) is 0 Å². The molecule has 1 aliphatic carbocycles. The number of allylic oxidation sites excluding steroid dienone is 3. The van der Waals surface area contributed by atoms with E-state index in [0.29, 0.717) is 11.7 Å². The number of likely N-dealkylation sites (tertiary alicyclic amines) is 1. The van der Waals surface area contributed by atoms with Gasteiger partial charge in [-0.2, -0.15) is 0 Å². The summed E-state index contributed by atoms with van der Waals surface area (Å²) >= 11 is 0.